The normalized spacial score (nSPS) is 10.0. The number of rotatable bonds is 2. The summed E-state index contributed by atoms with van der Waals surface area (Å²) in [7, 11) is -1.56. The van der Waals surface area contributed by atoms with Crippen LogP contribution in [-0.2, 0) is 4.76 Å². The predicted octanol–water partition coefficient (Wildman–Crippen LogP) is -0.457. The van der Waals surface area contributed by atoms with Gasteiger partial charge in [0.2, 0.25) is 0 Å². The van der Waals surface area contributed by atoms with Crippen LogP contribution in [0.2, 0.25) is 0 Å². The smallest absolute Gasteiger partial charge is 0.422 e. The van der Waals surface area contributed by atoms with Crippen molar-refractivity contribution >= 4 is 12.6 Å². The third-order valence-electron chi connectivity index (χ3n) is 1.36. The second-order valence-electron chi connectivity index (χ2n) is 2.15. The first kappa shape index (κ1) is 9.12. The Morgan fingerprint density at radius 2 is 2.08 bits per heavy atom. The van der Waals surface area contributed by atoms with Gasteiger partial charge in [0.05, 0.1) is 0 Å². The molecule has 0 saturated carbocycles. The molecule has 1 aromatic rings. The molecule has 0 spiro atoms. The first-order valence-corrected chi connectivity index (χ1v) is 3.13. The highest BCUT2D eigenvalue weighted by molar-refractivity contribution is 6.59. The van der Waals surface area contributed by atoms with Crippen LogP contribution in [0.25, 0.3) is 0 Å². The lowest BCUT2D eigenvalue weighted by molar-refractivity contribution is 0.280. The van der Waals surface area contributed by atoms with E-state index in [0.29, 0.717) is 6.07 Å². The largest absolute Gasteiger partial charge is 0.511 e. The van der Waals surface area contributed by atoms with Gasteiger partial charge in [-0.3, -0.25) is 0 Å². The lowest BCUT2D eigenvalue weighted by Crippen LogP contribution is -2.38. The fraction of sp³-hybridized carbons (Fsp3) is 0. The van der Waals surface area contributed by atoms with Crippen molar-refractivity contribution < 1.29 is 18.6 Å². The van der Waals surface area contributed by atoms with Crippen LogP contribution in [0.5, 0.6) is 0 Å². The molecule has 1 aromatic carbocycles. The molecule has 12 heavy (non-hydrogen) atoms. The molecule has 0 unspecified atom stereocenters. The van der Waals surface area contributed by atoms with Crippen molar-refractivity contribution in [3.05, 3.63) is 29.8 Å². The summed E-state index contributed by atoms with van der Waals surface area (Å²) in [6, 6.07) is 2.69. The number of benzene rings is 1. The summed E-state index contributed by atoms with van der Waals surface area (Å²) in [5, 5.41) is 8.89. The van der Waals surface area contributed by atoms with Gasteiger partial charge in [0.15, 0.2) is 0 Å². The molecule has 0 amide bonds. The van der Waals surface area contributed by atoms with E-state index in [-0.39, 0.29) is 5.46 Å². The topological polar surface area (TPSA) is 55.5 Å². The van der Waals surface area contributed by atoms with E-state index in [2.05, 4.69) is 10.7 Å². The van der Waals surface area contributed by atoms with E-state index in [4.69, 9.17) is 5.02 Å². The van der Waals surface area contributed by atoms with Crippen molar-refractivity contribution in [3.8, 4) is 0 Å². The monoisotopic (exact) mass is 173 g/mol. The Morgan fingerprint density at radius 1 is 1.42 bits per heavy atom. The second kappa shape index (κ2) is 3.62. The van der Waals surface area contributed by atoms with Gasteiger partial charge in [0.25, 0.3) is 0 Å². The number of hydrogen-bond acceptors (Lipinski definition) is 3. The molecule has 1 rings (SSSR count). The maximum atomic E-state index is 12.8. The Kier molecular flexibility index (Phi) is 2.75. The summed E-state index contributed by atoms with van der Waals surface area (Å²) in [5.41, 5.74) is -0.195. The van der Waals surface area contributed by atoms with Gasteiger partial charge in [-0.05, 0) is 6.07 Å². The Balaban J connectivity index is 3.01. The molecule has 3 nitrogen and oxygen atoms in total. The van der Waals surface area contributed by atoms with Gasteiger partial charge >= 0.3 is 7.12 Å². The van der Waals surface area contributed by atoms with E-state index in [1.165, 1.54) is 0 Å². The van der Waals surface area contributed by atoms with Gasteiger partial charge in [-0.1, -0.05) is 6.07 Å². The number of hydrogen-bond donors (Lipinski definition) is 2. The Bertz CT molecular complexity index is 284. The summed E-state index contributed by atoms with van der Waals surface area (Å²) in [6.07, 6.45) is 0. The molecule has 0 radical (unpaired) electrons. The minimum Gasteiger partial charge on any atom is -0.422 e. The van der Waals surface area contributed by atoms with Crippen LogP contribution < -0.4 is 11.4 Å². The van der Waals surface area contributed by atoms with Crippen LogP contribution in [0.15, 0.2) is 18.2 Å². The maximum absolute atomic E-state index is 12.8. The molecule has 0 bridgehead atoms. The summed E-state index contributed by atoms with van der Waals surface area (Å²) in [6.45, 7) is 0. The highest BCUT2D eigenvalue weighted by atomic mass is 19.1. The van der Waals surface area contributed by atoms with Crippen molar-refractivity contribution in [1.29, 1.82) is 0 Å². The molecule has 3 N–H and O–H groups in total. The highest BCUT2D eigenvalue weighted by Crippen LogP contribution is 1.99. The number of halogens is 2. The summed E-state index contributed by atoms with van der Waals surface area (Å²) in [4.78, 5) is 0. The van der Waals surface area contributed by atoms with E-state index in [0.717, 1.165) is 12.1 Å². The minimum atomic E-state index is -1.56. The van der Waals surface area contributed by atoms with Crippen LogP contribution in [-0.4, -0.2) is 12.1 Å². The molecule has 64 valence electrons. The average Bonchev–Trinajstić information content (AvgIpc) is 2.03. The van der Waals surface area contributed by atoms with Gasteiger partial charge < -0.3 is 9.78 Å². The van der Waals surface area contributed by atoms with Crippen LogP contribution >= 0.6 is 0 Å². The molecule has 0 aliphatic heterocycles. The Labute approximate surface area is 67.9 Å². The van der Waals surface area contributed by atoms with Crippen molar-refractivity contribution in [3.63, 3.8) is 0 Å². The quantitative estimate of drug-likeness (QED) is 0.470. The van der Waals surface area contributed by atoms with E-state index in [1.807, 2.05) is 0 Å². The standard InChI is InChI=1S/C6H6BF2NO2/c8-4-1-2-5(6(9)3-4)7(11)12-10/h1-3,11H,10H2. The molecular weight excluding hydrogens is 167 g/mol. The molecular formula is C6H6BF2NO2. The van der Waals surface area contributed by atoms with Crippen LogP contribution in [0.3, 0.4) is 0 Å². The number of nitrogens with two attached hydrogens (primary N) is 1. The maximum Gasteiger partial charge on any atom is 0.511 e. The van der Waals surface area contributed by atoms with Gasteiger partial charge in [0, 0.05) is 11.5 Å². The van der Waals surface area contributed by atoms with E-state index in [1.54, 1.807) is 0 Å². The van der Waals surface area contributed by atoms with Gasteiger partial charge in [-0.2, -0.15) is 0 Å². The molecule has 0 aromatic heterocycles. The average molecular weight is 173 g/mol. The summed E-state index contributed by atoms with van der Waals surface area (Å²) >= 11 is 0. The lowest BCUT2D eigenvalue weighted by atomic mass is 9.79. The fourth-order valence-electron chi connectivity index (χ4n) is 0.775. The third kappa shape index (κ3) is 1.79. The van der Waals surface area contributed by atoms with Crippen molar-refractivity contribution in [2.75, 3.05) is 0 Å². The Hall–Kier alpha value is -0.975. The molecule has 6 heteroatoms. The van der Waals surface area contributed by atoms with Crippen molar-refractivity contribution in [1.82, 2.24) is 0 Å². The van der Waals surface area contributed by atoms with Gasteiger partial charge in [0.1, 0.15) is 11.6 Å². The second-order valence-corrected chi connectivity index (χ2v) is 2.15. The lowest BCUT2D eigenvalue weighted by Gasteiger charge is -2.03. The van der Waals surface area contributed by atoms with Crippen molar-refractivity contribution in [2.24, 2.45) is 5.90 Å². The van der Waals surface area contributed by atoms with Crippen molar-refractivity contribution in [2.45, 2.75) is 0 Å². The van der Waals surface area contributed by atoms with Crippen LogP contribution in [0, 0.1) is 11.6 Å². The molecule has 0 saturated heterocycles. The van der Waals surface area contributed by atoms with Gasteiger partial charge in [-0.25, -0.2) is 14.7 Å². The molecule has 0 aliphatic carbocycles. The van der Waals surface area contributed by atoms with Gasteiger partial charge in [-0.15, -0.1) is 0 Å². The van der Waals surface area contributed by atoms with E-state index < -0.39 is 18.8 Å². The first-order valence-electron chi connectivity index (χ1n) is 3.13. The predicted molar refractivity (Wildman–Crippen MR) is 39.2 cm³/mol. The van der Waals surface area contributed by atoms with Crippen LogP contribution in [0.1, 0.15) is 0 Å². The zero-order valence-corrected chi connectivity index (χ0v) is 6.00. The van der Waals surface area contributed by atoms with Crippen LogP contribution in [0.4, 0.5) is 8.78 Å². The molecule has 0 atom stereocenters. The minimum absolute atomic E-state index is 0.195. The third-order valence-corrected chi connectivity index (χ3v) is 1.36. The fourth-order valence-corrected chi connectivity index (χ4v) is 0.775. The summed E-state index contributed by atoms with van der Waals surface area (Å²) in [5.74, 6) is 2.98. The SMILES string of the molecule is NOB(O)c1ccc(F)cc1F. The first-order chi connectivity index (χ1) is 5.65. The molecule has 0 heterocycles. The molecule has 0 aliphatic rings. The molecule has 0 fully saturated rings. The summed E-state index contributed by atoms with van der Waals surface area (Å²) < 4.78 is 29.0. The zero-order chi connectivity index (χ0) is 9.14. The van der Waals surface area contributed by atoms with E-state index >= 15 is 0 Å². The Morgan fingerprint density at radius 3 is 2.58 bits per heavy atom. The highest BCUT2D eigenvalue weighted by Gasteiger charge is 2.19. The zero-order valence-electron chi connectivity index (χ0n) is 6.00. The van der Waals surface area contributed by atoms with E-state index in [9.17, 15) is 8.78 Å².